The van der Waals surface area contributed by atoms with E-state index in [1.54, 1.807) is 6.20 Å². The zero-order valence-corrected chi connectivity index (χ0v) is 18.1. The Labute approximate surface area is 177 Å². The van der Waals surface area contributed by atoms with Crippen molar-refractivity contribution in [2.45, 2.75) is 39.8 Å². The molecule has 6 nitrogen and oxygen atoms in total. The number of aromatic nitrogens is 4. The molecule has 0 N–H and O–H groups in total. The van der Waals surface area contributed by atoms with Crippen LogP contribution in [0.15, 0.2) is 66.8 Å². The summed E-state index contributed by atoms with van der Waals surface area (Å²) in [7, 11) is 2.00. The first-order valence-corrected chi connectivity index (χ1v) is 10.1. The maximum atomic E-state index is 5.85. The lowest BCUT2D eigenvalue weighted by Gasteiger charge is -2.25. The van der Waals surface area contributed by atoms with Crippen LogP contribution in [0, 0.1) is 0 Å². The second-order valence-electron chi connectivity index (χ2n) is 7.88. The molecular weight excluding hydrogens is 374 g/mol. The van der Waals surface area contributed by atoms with Gasteiger partial charge in [0.1, 0.15) is 11.3 Å². The minimum absolute atomic E-state index is 0.0226. The molecule has 0 fully saturated rings. The molecule has 0 aromatic carbocycles. The van der Waals surface area contributed by atoms with Crippen LogP contribution in [0.3, 0.4) is 0 Å². The summed E-state index contributed by atoms with van der Waals surface area (Å²) < 4.78 is 8.06. The third kappa shape index (κ3) is 3.61. The molecule has 4 rings (SSSR count). The third-order valence-electron chi connectivity index (χ3n) is 5.25. The molecule has 0 unspecified atom stereocenters. The number of rotatable bonds is 5. The normalized spacial score (nSPS) is 15.4. The number of allylic oxidation sites excluding steroid dienone is 3. The molecule has 0 aliphatic carbocycles. The molecule has 0 spiro atoms. The number of likely N-dealkylation sites (N-methyl/N-ethyl adjacent to an activating group) is 1. The van der Waals surface area contributed by atoms with Crippen LogP contribution in [0.1, 0.15) is 45.3 Å². The molecule has 0 radical (unpaired) electrons. The Kier molecular flexibility index (Phi) is 5.16. The van der Waals surface area contributed by atoms with Gasteiger partial charge in [-0.3, -0.25) is 4.98 Å². The molecule has 0 amide bonds. The van der Waals surface area contributed by atoms with Crippen LogP contribution in [-0.2, 0) is 0 Å². The first-order valence-electron chi connectivity index (χ1n) is 10.1. The molecule has 1 aliphatic heterocycles. The molecule has 0 saturated carbocycles. The quantitative estimate of drug-likeness (QED) is 0.604. The Balaban J connectivity index is 1.93. The fraction of sp³-hybridized carbons (Fsp3) is 0.292. The summed E-state index contributed by atoms with van der Waals surface area (Å²) in [5.74, 6) is 1.46. The van der Waals surface area contributed by atoms with E-state index in [0.717, 1.165) is 39.4 Å². The Hall–Kier alpha value is -3.41. The van der Waals surface area contributed by atoms with Crippen molar-refractivity contribution in [3.63, 3.8) is 0 Å². The number of hydrogen-bond donors (Lipinski definition) is 0. The maximum absolute atomic E-state index is 5.85. The van der Waals surface area contributed by atoms with Gasteiger partial charge in [0.15, 0.2) is 0 Å². The van der Waals surface area contributed by atoms with Gasteiger partial charge in [-0.05, 0) is 51.5 Å². The van der Waals surface area contributed by atoms with Gasteiger partial charge in [-0.25, -0.2) is 9.97 Å². The summed E-state index contributed by atoms with van der Waals surface area (Å²) in [5.41, 5.74) is 5.87. The van der Waals surface area contributed by atoms with E-state index in [2.05, 4.69) is 47.2 Å². The van der Waals surface area contributed by atoms with E-state index in [-0.39, 0.29) is 12.1 Å². The molecule has 4 heterocycles. The molecule has 1 atom stereocenters. The third-order valence-corrected chi connectivity index (χ3v) is 5.25. The smallest absolute Gasteiger partial charge is 0.215 e. The molecule has 154 valence electrons. The first kappa shape index (κ1) is 19.9. The fourth-order valence-corrected chi connectivity index (χ4v) is 3.68. The van der Waals surface area contributed by atoms with Gasteiger partial charge >= 0.3 is 0 Å². The van der Waals surface area contributed by atoms with Crippen molar-refractivity contribution in [2.75, 3.05) is 7.05 Å². The summed E-state index contributed by atoms with van der Waals surface area (Å²) in [6, 6.07) is 7.92. The van der Waals surface area contributed by atoms with Crippen molar-refractivity contribution in [1.82, 2.24) is 24.4 Å². The monoisotopic (exact) mass is 401 g/mol. The zero-order chi connectivity index (χ0) is 21.4. The number of fused-ring (bicyclic) bond motifs is 1. The standard InChI is InChI=1S/C24H27N5O/c1-15(2)30-23-12-22-21(13-26-23)27-24(19-11-16(3)17(4)28(6)14-19)29(22)18(5)20-9-7-8-10-25-20/h7-15,18H,4H2,1-3,5-6H3/t18-/m0/s1. The van der Waals surface area contributed by atoms with Gasteiger partial charge in [-0.2, -0.15) is 0 Å². The van der Waals surface area contributed by atoms with Crippen LogP contribution in [0.5, 0.6) is 5.88 Å². The van der Waals surface area contributed by atoms with Crippen molar-refractivity contribution >= 4 is 16.6 Å². The van der Waals surface area contributed by atoms with Crippen LogP contribution < -0.4 is 4.74 Å². The topological polar surface area (TPSA) is 56.1 Å². The SMILES string of the molecule is C=C1C(C)=CC(c2nc3cnc(OC(C)C)cc3n2[C@@H](C)c2ccccn2)=CN1C. The lowest BCUT2D eigenvalue weighted by molar-refractivity contribution is 0.233. The highest BCUT2D eigenvalue weighted by Gasteiger charge is 2.23. The van der Waals surface area contributed by atoms with E-state index < -0.39 is 0 Å². The van der Waals surface area contributed by atoms with E-state index >= 15 is 0 Å². The average molecular weight is 402 g/mol. The highest BCUT2D eigenvalue weighted by Crippen LogP contribution is 2.33. The lowest BCUT2D eigenvalue weighted by atomic mass is 10.1. The molecule has 3 aromatic rings. The zero-order valence-electron chi connectivity index (χ0n) is 18.1. The predicted molar refractivity (Wildman–Crippen MR) is 120 cm³/mol. The summed E-state index contributed by atoms with van der Waals surface area (Å²) in [6.07, 6.45) is 7.84. The van der Waals surface area contributed by atoms with Gasteiger partial charge in [0.2, 0.25) is 5.88 Å². The molecule has 1 aliphatic rings. The highest BCUT2D eigenvalue weighted by molar-refractivity contribution is 5.83. The van der Waals surface area contributed by atoms with Gasteiger partial charge < -0.3 is 14.2 Å². The van der Waals surface area contributed by atoms with Crippen molar-refractivity contribution in [2.24, 2.45) is 0 Å². The van der Waals surface area contributed by atoms with Gasteiger partial charge in [0.05, 0.1) is 29.6 Å². The van der Waals surface area contributed by atoms with Crippen molar-refractivity contribution in [1.29, 1.82) is 0 Å². The van der Waals surface area contributed by atoms with Crippen LogP contribution in [0.2, 0.25) is 0 Å². The average Bonchev–Trinajstić information content (AvgIpc) is 3.10. The van der Waals surface area contributed by atoms with Crippen molar-refractivity contribution in [3.05, 3.63) is 78.3 Å². The van der Waals surface area contributed by atoms with E-state index in [1.165, 1.54) is 0 Å². The summed E-state index contributed by atoms with van der Waals surface area (Å²) in [4.78, 5) is 16.0. The maximum Gasteiger partial charge on any atom is 0.215 e. The lowest BCUT2D eigenvalue weighted by Crippen LogP contribution is -2.17. The molecule has 30 heavy (non-hydrogen) atoms. The number of hydrogen-bond acceptors (Lipinski definition) is 5. The molecule has 0 bridgehead atoms. The predicted octanol–water partition coefficient (Wildman–Crippen LogP) is 4.97. The number of ether oxygens (including phenoxy) is 1. The van der Waals surface area contributed by atoms with Crippen LogP contribution in [0.4, 0.5) is 0 Å². The van der Waals surface area contributed by atoms with Gasteiger partial charge in [-0.15, -0.1) is 0 Å². The van der Waals surface area contributed by atoms with Crippen LogP contribution >= 0.6 is 0 Å². The molecular formula is C24H27N5O. The summed E-state index contributed by atoms with van der Waals surface area (Å²) >= 11 is 0. The Bertz CT molecular complexity index is 1160. The molecule has 0 saturated heterocycles. The number of imidazole rings is 1. The fourth-order valence-electron chi connectivity index (χ4n) is 3.68. The van der Waals surface area contributed by atoms with Crippen molar-refractivity contribution < 1.29 is 4.74 Å². The van der Waals surface area contributed by atoms with E-state index in [4.69, 9.17) is 9.72 Å². The van der Waals surface area contributed by atoms with Crippen LogP contribution in [0.25, 0.3) is 16.6 Å². The molecule has 6 heteroatoms. The number of pyridine rings is 2. The Morgan fingerprint density at radius 1 is 1.13 bits per heavy atom. The van der Waals surface area contributed by atoms with Crippen LogP contribution in [-0.4, -0.2) is 37.6 Å². The largest absolute Gasteiger partial charge is 0.475 e. The van der Waals surface area contributed by atoms with Gasteiger partial charge in [0.25, 0.3) is 0 Å². The van der Waals surface area contributed by atoms with E-state index in [9.17, 15) is 0 Å². The second-order valence-corrected chi connectivity index (χ2v) is 7.88. The minimum atomic E-state index is -0.0226. The number of nitrogens with zero attached hydrogens (tertiary/aromatic N) is 5. The highest BCUT2D eigenvalue weighted by atomic mass is 16.5. The van der Waals surface area contributed by atoms with Gasteiger partial charge in [-0.1, -0.05) is 12.6 Å². The van der Waals surface area contributed by atoms with Crippen molar-refractivity contribution in [3.8, 4) is 5.88 Å². The second kappa shape index (κ2) is 7.78. The molecule has 3 aromatic heterocycles. The van der Waals surface area contributed by atoms with E-state index in [1.807, 2.05) is 56.3 Å². The Morgan fingerprint density at radius 2 is 1.93 bits per heavy atom. The van der Waals surface area contributed by atoms with Gasteiger partial charge in [0, 0.05) is 36.8 Å². The summed E-state index contributed by atoms with van der Waals surface area (Å²) in [6.45, 7) is 12.3. The minimum Gasteiger partial charge on any atom is -0.475 e. The Morgan fingerprint density at radius 3 is 2.60 bits per heavy atom. The first-order chi connectivity index (χ1) is 14.3. The van der Waals surface area contributed by atoms with E-state index in [0.29, 0.717) is 5.88 Å². The summed E-state index contributed by atoms with van der Waals surface area (Å²) in [5, 5.41) is 0.